The van der Waals surface area contributed by atoms with Crippen LogP contribution in [-0.4, -0.2) is 13.1 Å². The molecule has 1 aromatic rings. The summed E-state index contributed by atoms with van der Waals surface area (Å²) in [5.41, 5.74) is 2.29. The Hall–Kier alpha value is -1.34. The summed E-state index contributed by atoms with van der Waals surface area (Å²) in [5.74, 6) is -0.466. The third-order valence-electron chi connectivity index (χ3n) is 2.15. The average molecular weight is 268 g/mol. The molecule has 0 unspecified atom stereocenters. The molecule has 0 amide bonds. The van der Waals surface area contributed by atoms with Crippen molar-refractivity contribution in [3.8, 4) is 6.07 Å². The smallest absolute Gasteiger partial charge is 0.339 e. The molecular weight excluding hydrogens is 258 g/mol. The van der Waals surface area contributed by atoms with E-state index < -0.39 is 5.97 Å². The first kappa shape index (κ1) is 11.7. The lowest BCUT2D eigenvalue weighted by atomic mass is 9.98. The molecule has 0 N–H and O–H groups in total. The summed E-state index contributed by atoms with van der Waals surface area (Å²) in [7, 11) is 1.31. The van der Waals surface area contributed by atoms with Crippen molar-refractivity contribution in [2.75, 3.05) is 7.11 Å². The minimum atomic E-state index is -0.466. The maximum atomic E-state index is 11.5. The molecule has 78 valence electrons. The Bertz CT molecular complexity index is 435. The highest BCUT2D eigenvalue weighted by atomic mass is 79.9. The van der Waals surface area contributed by atoms with Gasteiger partial charge >= 0.3 is 5.97 Å². The number of halogens is 1. The Kier molecular flexibility index (Phi) is 3.87. The number of hydrogen-bond acceptors (Lipinski definition) is 3. The van der Waals surface area contributed by atoms with Gasteiger partial charge in [-0.2, -0.15) is 5.26 Å². The topological polar surface area (TPSA) is 50.1 Å². The minimum Gasteiger partial charge on any atom is -0.465 e. The second kappa shape index (κ2) is 4.94. The van der Waals surface area contributed by atoms with Crippen LogP contribution in [0.5, 0.6) is 0 Å². The quantitative estimate of drug-likeness (QED) is 0.611. The van der Waals surface area contributed by atoms with E-state index in [4.69, 9.17) is 5.26 Å². The number of nitrogens with zero attached hydrogens (tertiary/aromatic N) is 1. The van der Waals surface area contributed by atoms with Crippen LogP contribution in [0.2, 0.25) is 0 Å². The van der Waals surface area contributed by atoms with Crippen LogP contribution in [0.3, 0.4) is 0 Å². The number of carbonyl (C=O) groups is 1. The van der Waals surface area contributed by atoms with Crippen molar-refractivity contribution in [3.63, 3.8) is 0 Å². The lowest BCUT2D eigenvalue weighted by molar-refractivity contribution is 0.0599. The number of benzene rings is 1. The van der Waals surface area contributed by atoms with Gasteiger partial charge in [0.05, 0.1) is 18.2 Å². The number of ether oxygens (including phenoxy) is 1. The van der Waals surface area contributed by atoms with Crippen molar-refractivity contribution in [1.29, 1.82) is 5.26 Å². The van der Waals surface area contributed by atoms with Crippen molar-refractivity contribution < 1.29 is 9.53 Å². The van der Waals surface area contributed by atoms with E-state index in [9.17, 15) is 4.79 Å². The molecule has 0 fully saturated rings. The van der Waals surface area contributed by atoms with Crippen LogP contribution in [0.1, 0.15) is 27.0 Å². The summed E-state index contributed by atoms with van der Waals surface area (Å²) in [4.78, 5) is 11.5. The maximum absolute atomic E-state index is 11.5. The zero-order valence-corrected chi connectivity index (χ0v) is 10.1. The van der Waals surface area contributed by atoms with Crippen molar-refractivity contribution in [2.24, 2.45) is 0 Å². The molecule has 1 rings (SSSR count). The molecular formula is C11H10BrNO2. The highest BCUT2D eigenvalue weighted by Crippen LogP contribution is 2.21. The zero-order chi connectivity index (χ0) is 11.4. The van der Waals surface area contributed by atoms with Crippen LogP contribution in [0.25, 0.3) is 0 Å². The zero-order valence-electron chi connectivity index (χ0n) is 8.50. The molecule has 15 heavy (non-hydrogen) atoms. The van der Waals surface area contributed by atoms with E-state index in [1.807, 2.05) is 18.2 Å². The molecule has 0 aliphatic carbocycles. The lowest BCUT2D eigenvalue weighted by Gasteiger charge is -2.08. The van der Waals surface area contributed by atoms with Gasteiger partial charge in [-0.05, 0) is 18.1 Å². The minimum absolute atomic E-state index is 0.358. The molecule has 0 saturated carbocycles. The van der Waals surface area contributed by atoms with Crippen LogP contribution in [0, 0.1) is 18.3 Å². The monoisotopic (exact) mass is 267 g/mol. The Balaban J connectivity index is 3.47. The predicted molar refractivity (Wildman–Crippen MR) is 59.9 cm³/mol. The van der Waals surface area contributed by atoms with Crippen LogP contribution in [0.15, 0.2) is 12.1 Å². The fourth-order valence-electron chi connectivity index (χ4n) is 1.35. The molecule has 0 aliphatic rings. The number of aryl methyl sites for hydroxylation is 1. The number of carbonyl (C=O) groups excluding carboxylic acids is 1. The van der Waals surface area contributed by atoms with Crippen LogP contribution >= 0.6 is 15.9 Å². The fraction of sp³-hybridized carbons (Fsp3) is 0.273. The molecule has 0 radical (unpaired) electrons. The number of alkyl halides is 1. The van der Waals surface area contributed by atoms with Crippen molar-refractivity contribution in [2.45, 2.75) is 12.3 Å². The van der Waals surface area contributed by atoms with E-state index in [0.29, 0.717) is 16.5 Å². The summed E-state index contributed by atoms with van der Waals surface area (Å²) >= 11 is 3.28. The maximum Gasteiger partial charge on any atom is 0.339 e. The van der Waals surface area contributed by atoms with Gasteiger partial charge < -0.3 is 4.74 Å². The van der Waals surface area contributed by atoms with E-state index in [1.54, 1.807) is 6.92 Å². The molecule has 3 nitrogen and oxygen atoms in total. The summed E-state index contributed by atoms with van der Waals surface area (Å²) in [5, 5.41) is 9.56. The normalized spacial score (nSPS) is 9.47. The predicted octanol–water partition coefficient (Wildman–Crippen LogP) is 2.55. The summed E-state index contributed by atoms with van der Waals surface area (Å²) < 4.78 is 4.65. The van der Waals surface area contributed by atoms with E-state index in [1.165, 1.54) is 7.11 Å². The third-order valence-corrected chi connectivity index (χ3v) is 2.75. The molecule has 0 aromatic heterocycles. The van der Waals surface area contributed by atoms with Gasteiger partial charge in [-0.3, -0.25) is 0 Å². The first-order chi connectivity index (χ1) is 7.15. The van der Waals surface area contributed by atoms with Gasteiger partial charge in [0, 0.05) is 5.33 Å². The average Bonchev–Trinajstić information content (AvgIpc) is 2.27. The largest absolute Gasteiger partial charge is 0.465 e. The number of rotatable bonds is 2. The summed E-state index contributed by atoms with van der Waals surface area (Å²) in [6, 6.07) is 5.68. The Labute approximate surface area is 96.8 Å². The second-order valence-electron chi connectivity index (χ2n) is 3.03. The van der Waals surface area contributed by atoms with Gasteiger partial charge in [-0.1, -0.05) is 28.1 Å². The van der Waals surface area contributed by atoms with E-state index in [-0.39, 0.29) is 0 Å². The highest BCUT2D eigenvalue weighted by Gasteiger charge is 2.17. The molecule has 0 bridgehead atoms. The number of hydrogen-bond donors (Lipinski definition) is 0. The third kappa shape index (κ3) is 2.18. The number of nitriles is 1. The van der Waals surface area contributed by atoms with Gasteiger partial charge in [-0.25, -0.2) is 4.79 Å². The molecule has 0 aliphatic heterocycles. The first-order valence-corrected chi connectivity index (χ1v) is 5.44. The van der Waals surface area contributed by atoms with Crippen LogP contribution in [-0.2, 0) is 10.1 Å². The SMILES string of the molecule is COC(=O)c1c(C)ccc(CBr)c1C#N. The van der Waals surface area contributed by atoms with Gasteiger partial charge in [0.1, 0.15) is 6.07 Å². The van der Waals surface area contributed by atoms with E-state index in [0.717, 1.165) is 11.1 Å². The lowest BCUT2D eigenvalue weighted by Crippen LogP contribution is -2.08. The Morgan fingerprint density at radius 3 is 2.73 bits per heavy atom. The van der Waals surface area contributed by atoms with Crippen LogP contribution < -0.4 is 0 Å². The molecule has 0 atom stereocenters. The van der Waals surface area contributed by atoms with Gasteiger partial charge in [-0.15, -0.1) is 0 Å². The van der Waals surface area contributed by atoms with Gasteiger partial charge in [0.25, 0.3) is 0 Å². The molecule has 1 aromatic carbocycles. The number of esters is 1. The van der Waals surface area contributed by atoms with Gasteiger partial charge in [0.2, 0.25) is 0 Å². The Morgan fingerprint density at radius 2 is 2.27 bits per heavy atom. The molecule has 0 heterocycles. The summed E-state index contributed by atoms with van der Waals surface area (Å²) in [6.07, 6.45) is 0. The van der Waals surface area contributed by atoms with Crippen molar-refractivity contribution >= 4 is 21.9 Å². The van der Waals surface area contributed by atoms with E-state index in [2.05, 4.69) is 20.7 Å². The van der Waals surface area contributed by atoms with Crippen molar-refractivity contribution in [1.82, 2.24) is 0 Å². The van der Waals surface area contributed by atoms with Crippen LogP contribution in [0.4, 0.5) is 0 Å². The second-order valence-corrected chi connectivity index (χ2v) is 3.59. The van der Waals surface area contributed by atoms with Crippen molar-refractivity contribution in [3.05, 3.63) is 34.4 Å². The summed E-state index contributed by atoms with van der Waals surface area (Å²) in [6.45, 7) is 1.78. The molecule has 0 spiro atoms. The molecule has 0 saturated heterocycles. The molecule has 4 heteroatoms. The number of methoxy groups -OCH3 is 1. The highest BCUT2D eigenvalue weighted by molar-refractivity contribution is 9.08. The van der Waals surface area contributed by atoms with E-state index >= 15 is 0 Å². The Morgan fingerprint density at radius 1 is 1.60 bits per heavy atom. The van der Waals surface area contributed by atoms with Gasteiger partial charge in [0.15, 0.2) is 0 Å². The fourth-order valence-corrected chi connectivity index (χ4v) is 1.82. The first-order valence-electron chi connectivity index (χ1n) is 4.32. The standard InChI is InChI=1S/C11H10BrNO2/c1-7-3-4-8(5-12)9(6-13)10(7)11(14)15-2/h3-4H,5H2,1-2H3.